The van der Waals surface area contributed by atoms with E-state index in [0.717, 1.165) is 12.1 Å². The molecule has 3 aromatic rings. The van der Waals surface area contributed by atoms with Crippen molar-refractivity contribution >= 4 is 11.6 Å². The standard InChI is InChI=1S/C21H21N3O3/c1-15-14-16-6-2-3-7-18(16)24(15)21(26)9-4-12-23-20(25)11-10-17(22-23)19-8-5-13-27-19/h2-3,5-8,10-11,13,15H,4,9,12,14H2,1H3/t15-/m1/s1. The molecule has 0 aliphatic carbocycles. The number of carbonyl (C=O) groups excluding carboxylic acids is 1. The molecule has 1 aromatic carbocycles. The number of aryl methyl sites for hydroxylation is 1. The molecule has 1 amide bonds. The minimum atomic E-state index is -0.183. The van der Waals surface area contributed by atoms with Gasteiger partial charge in [-0.15, -0.1) is 0 Å². The molecule has 6 nitrogen and oxygen atoms in total. The Balaban J connectivity index is 1.42. The van der Waals surface area contributed by atoms with E-state index in [2.05, 4.69) is 18.1 Å². The molecule has 6 heteroatoms. The number of furan rings is 1. The zero-order valence-electron chi connectivity index (χ0n) is 15.2. The van der Waals surface area contributed by atoms with Crippen LogP contribution in [-0.4, -0.2) is 21.7 Å². The predicted molar refractivity (Wildman–Crippen MR) is 103 cm³/mol. The highest BCUT2D eigenvalue weighted by Gasteiger charge is 2.29. The van der Waals surface area contributed by atoms with Gasteiger partial charge < -0.3 is 9.32 Å². The van der Waals surface area contributed by atoms with E-state index in [1.807, 2.05) is 23.1 Å². The highest BCUT2D eigenvalue weighted by Crippen LogP contribution is 2.32. The number of anilines is 1. The molecule has 0 unspecified atom stereocenters. The molecule has 2 aromatic heterocycles. The average molecular weight is 363 g/mol. The van der Waals surface area contributed by atoms with Crippen LogP contribution in [0.2, 0.25) is 0 Å². The van der Waals surface area contributed by atoms with E-state index in [0.29, 0.717) is 30.8 Å². The first kappa shape index (κ1) is 17.3. The van der Waals surface area contributed by atoms with Gasteiger partial charge in [0.05, 0.1) is 6.26 Å². The van der Waals surface area contributed by atoms with Crippen molar-refractivity contribution in [3.8, 4) is 11.5 Å². The van der Waals surface area contributed by atoms with E-state index in [-0.39, 0.29) is 17.5 Å². The normalized spacial score (nSPS) is 15.7. The molecule has 138 valence electrons. The summed E-state index contributed by atoms with van der Waals surface area (Å²) in [5.74, 6) is 0.699. The van der Waals surface area contributed by atoms with Crippen molar-refractivity contribution in [3.05, 3.63) is 70.7 Å². The fourth-order valence-electron chi connectivity index (χ4n) is 3.61. The van der Waals surface area contributed by atoms with Crippen LogP contribution in [0.3, 0.4) is 0 Å². The number of hydrogen-bond acceptors (Lipinski definition) is 4. The van der Waals surface area contributed by atoms with Crippen LogP contribution in [0.4, 0.5) is 5.69 Å². The molecule has 3 heterocycles. The van der Waals surface area contributed by atoms with E-state index >= 15 is 0 Å². The monoisotopic (exact) mass is 363 g/mol. The lowest BCUT2D eigenvalue weighted by molar-refractivity contribution is -0.119. The molecule has 1 atom stereocenters. The zero-order chi connectivity index (χ0) is 18.8. The number of fused-ring (bicyclic) bond motifs is 1. The van der Waals surface area contributed by atoms with E-state index in [1.54, 1.807) is 24.5 Å². The van der Waals surface area contributed by atoms with Gasteiger partial charge in [0.1, 0.15) is 5.69 Å². The summed E-state index contributed by atoms with van der Waals surface area (Å²) < 4.78 is 6.73. The van der Waals surface area contributed by atoms with Crippen LogP contribution in [0.15, 0.2) is 64.0 Å². The smallest absolute Gasteiger partial charge is 0.266 e. The van der Waals surface area contributed by atoms with Crippen LogP contribution in [0, 0.1) is 0 Å². The van der Waals surface area contributed by atoms with Gasteiger partial charge in [-0.25, -0.2) is 4.68 Å². The minimum Gasteiger partial charge on any atom is -0.463 e. The van der Waals surface area contributed by atoms with E-state index in [4.69, 9.17) is 4.42 Å². The van der Waals surface area contributed by atoms with Gasteiger partial charge in [-0.1, -0.05) is 18.2 Å². The molecule has 0 N–H and O–H groups in total. The van der Waals surface area contributed by atoms with Gasteiger partial charge in [0.25, 0.3) is 5.56 Å². The summed E-state index contributed by atoms with van der Waals surface area (Å²) in [7, 11) is 0. The zero-order valence-corrected chi connectivity index (χ0v) is 15.2. The molecule has 27 heavy (non-hydrogen) atoms. The Labute approximate surface area is 157 Å². The second-order valence-electron chi connectivity index (χ2n) is 6.81. The number of carbonyl (C=O) groups is 1. The van der Waals surface area contributed by atoms with Crippen molar-refractivity contribution < 1.29 is 9.21 Å². The third-order valence-electron chi connectivity index (χ3n) is 4.88. The van der Waals surface area contributed by atoms with E-state index < -0.39 is 0 Å². The summed E-state index contributed by atoms with van der Waals surface area (Å²) in [4.78, 5) is 26.7. The Morgan fingerprint density at radius 2 is 2.04 bits per heavy atom. The van der Waals surface area contributed by atoms with Gasteiger partial charge in [-0.2, -0.15) is 5.10 Å². The maximum Gasteiger partial charge on any atom is 0.266 e. The fourth-order valence-corrected chi connectivity index (χ4v) is 3.61. The van der Waals surface area contributed by atoms with Crippen LogP contribution in [0.5, 0.6) is 0 Å². The maximum absolute atomic E-state index is 12.8. The van der Waals surface area contributed by atoms with Crippen LogP contribution in [0.1, 0.15) is 25.3 Å². The Morgan fingerprint density at radius 1 is 1.19 bits per heavy atom. The van der Waals surface area contributed by atoms with Crippen molar-refractivity contribution in [1.82, 2.24) is 9.78 Å². The van der Waals surface area contributed by atoms with Crippen LogP contribution in [-0.2, 0) is 17.8 Å². The van der Waals surface area contributed by atoms with Crippen molar-refractivity contribution in [1.29, 1.82) is 0 Å². The highest BCUT2D eigenvalue weighted by molar-refractivity contribution is 5.96. The molecular formula is C21H21N3O3. The molecule has 0 saturated carbocycles. The van der Waals surface area contributed by atoms with Gasteiger partial charge in [0, 0.05) is 30.8 Å². The van der Waals surface area contributed by atoms with Gasteiger partial charge in [0.15, 0.2) is 5.76 Å². The predicted octanol–water partition coefficient (Wildman–Crippen LogP) is 3.26. The first-order valence-electron chi connectivity index (χ1n) is 9.15. The van der Waals surface area contributed by atoms with Crippen LogP contribution < -0.4 is 10.5 Å². The van der Waals surface area contributed by atoms with Gasteiger partial charge in [-0.05, 0) is 49.6 Å². The number of rotatable bonds is 5. The van der Waals surface area contributed by atoms with E-state index in [1.165, 1.54) is 16.3 Å². The van der Waals surface area contributed by atoms with Crippen LogP contribution >= 0.6 is 0 Å². The van der Waals surface area contributed by atoms with Gasteiger partial charge in [-0.3, -0.25) is 9.59 Å². The summed E-state index contributed by atoms with van der Waals surface area (Å²) in [6, 6.07) is 14.9. The summed E-state index contributed by atoms with van der Waals surface area (Å²) in [5.41, 5.74) is 2.64. The molecule has 0 fully saturated rings. The third kappa shape index (κ3) is 3.43. The van der Waals surface area contributed by atoms with Crippen molar-refractivity contribution in [2.45, 2.75) is 38.8 Å². The maximum atomic E-state index is 12.8. The number of hydrogen-bond donors (Lipinski definition) is 0. The summed E-state index contributed by atoms with van der Waals surface area (Å²) in [6.45, 7) is 2.46. The molecule has 0 radical (unpaired) electrons. The Kier molecular flexibility index (Phi) is 4.62. The molecular weight excluding hydrogens is 342 g/mol. The molecule has 1 aliphatic rings. The second kappa shape index (κ2) is 7.23. The Bertz CT molecular complexity index is 1010. The van der Waals surface area contributed by atoms with Gasteiger partial charge >= 0.3 is 0 Å². The summed E-state index contributed by atoms with van der Waals surface area (Å²) in [6.07, 6.45) is 3.38. The number of aromatic nitrogens is 2. The molecule has 1 aliphatic heterocycles. The van der Waals surface area contributed by atoms with Crippen molar-refractivity contribution in [3.63, 3.8) is 0 Å². The first-order valence-corrected chi connectivity index (χ1v) is 9.15. The fraction of sp³-hybridized carbons (Fsp3) is 0.286. The van der Waals surface area contributed by atoms with Crippen molar-refractivity contribution in [2.75, 3.05) is 4.90 Å². The number of nitrogens with zero attached hydrogens (tertiary/aromatic N) is 3. The molecule has 0 saturated heterocycles. The number of para-hydroxylation sites is 1. The third-order valence-corrected chi connectivity index (χ3v) is 4.88. The first-order chi connectivity index (χ1) is 13.1. The topological polar surface area (TPSA) is 68.3 Å². The van der Waals surface area contributed by atoms with Gasteiger partial charge in [0.2, 0.25) is 5.91 Å². The van der Waals surface area contributed by atoms with Crippen molar-refractivity contribution in [2.24, 2.45) is 0 Å². The molecule has 0 bridgehead atoms. The summed E-state index contributed by atoms with van der Waals surface area (Å²) >= 11 is 0. The summed E-state index contributed by atoms with van der Waals surface area (Å²) in [5, 5.41) is 4.35. The van der Waals surface area contributed by atoms with E-state index in [9.17, 15) is 9.59 Å². The SMILES string of the molecule is C[C@@H]1Cc2ccccc2N1C(=O)CCCn1nc(-c2ccco2)ccc1=O. The average Bonchev–Trinajstić information content (AvgIpc) is 3.30. The lowest BCUT2D eigenvalue weighted by Gasteiger charge is -2.22. The lowest BCUT2D eigenvalue weighted by atomic mass is 10.1. The quantitative estimate of drug-likeness (QED) is 0.698. The highest BCUT2D eigenvalue weighted by atomic mass is 16.3. The lowest BCUT2D eigenvalue weighted by Crippen LogP contribution is -2.35. The minimum absolute atomic E-state index is 0.0858. The van der Waals surface area contributed by atoms with Crippen LogP contribution in [0.25, 0.3) is 11.5 Å². The largest absolute Gasteiger partial charge is 0.463 e. The number of amides is 1. The Morgan fingerprint density at radius 3 is 2.85 bits per heavy atom. The number of benzene rings is 1. The molecule has 4 rings (SSSR count). The Hall–Kier alpha value is -3.15. The molecule has 0 spiro atoms. The second-order valence-corrected chi connectivity index (χ2v) is 6.81.